The van der Waals surface area contributed by atoms with Crippen molar-refractivity contribution in [1.29, 1.82) is 0 Å². The van der Waals surface area contributed by atoms with Gasteiger partial charge in [-0.2, -0.15) is 0 Å². The number of carbonyl (C=O) groups excluding carboxylic acids is 3. The zero-order chi connectivity index (χ0) is 21.3. The molecule has 2 aromatic rings. The van der Waals surface area contributed by atoms with Crippen molar-refractivity contribution in [3.8, 4) is 17.2 Å². The molecular formula is C21H20N2O7. The first-order chi connectivity index (χ1) is 14.5. The number of carbonyl (C=O) groups is 3. The van der Waals surface area contributed by atoms with Crippen LogP contribution in [0.4, 0.5) is 11.4 Å². The second-order valence-corrected chi connectivity index (χ2v) is 6.92. The minimum atomic E-state index is -0.718. The van der Waals surface area contributed by atoms with Gasteiger partial charge in [0.25, 0.3) is 0 Å². The van der Waals surface area contributed by atoms with Gasteiger partial charge in [0.2, 0.25) is 11.8 Å². The Morgan fingerprint density at radius 3 is 2.70 bits per heavy atom. The molecule has 2 aliphatic rings. The number of methoxy groups -OCH3 is 1. The highest BCUT2D eigenvalue weighted by molar-refractivity contribution is 6.05. The molecule has 2 aromatic carbocycles. The summed E-state index contributed by atoms with van der Waals surface area (Å²) in [4.78, 5) is 38.5. The van der Waals surface area contributed by atoms with Gasteiger partial charge in [0, 0.05) is 24.7 Å². The molecule has 0 aliphatic carbocycles. The molecule has 1 saturated heterocycles. The molecule has 2 N–H and O–H groups in total. The van der Waals surface area contributed by atoms with Gasteiger partial charge >= 0.3 is 5.97 Å². The number of ether oxygens (including phenoxy) is 3. The number of para-hydroxylation sites is 1. The number of fused-ring (bicyclic) bond motifs is 1. The minimum absolute atomic E-state index is 0.0255. The molecule has 1 atom stereocenters. The van der Waals surface area contributed by atoms with E-state index in [0.717, 1.165) is 0 Å². The van der Waals surface area contributed by atoms with Gasteiger partial charge in [0.1, 0.15) is 18.8 Å². The van der Waals surface area contributed by atoms with E-state index in [2.05, 4.69) is 10.1 Å². The number of rotatable bonds is 4. The first-order valence-electron chi connectivity index (χ1n) is 9.39. The highest BCUT2D eigenvalue weighted by atomic mass is 16.6. The number of amides is 2. The van der Waals surface area contributed by atoms with E-state index < -0.39 is 17.8 Å². The fourth-order valence-corrected chi connectivity index (χ4v) is 3.49. The van der Waals surface area contributed by atoms with Crippen LogP contribution in [-0.2, 0) is 14.3 Å². The van der Waals surface area contributed by atoms with Crippen LogP contribution >= 0.6 is 0 Å². The topological polar surface area (TPSA) is 114 Å². The first-order valence-corrected chi connectivity index (χ1v) is 9.39. The zero-order valence-corrected chi connectivity index (χ0v) is 16.2. The standard InChI is InChI=1S/C21H20N2O7/c1-28-21(27)14-3-2-4-15(19(14)25)22-20(26)12-9-18(24)23(11-12)13-5-6-16-17(10-13)30-8-7-29-16/h2-6,10,12,25H,7-9,11H2,1H3,(H,22,26). The summed E-state index contributed by atoms with van der Waals surface area (Å²) in [5, 5.41) is 12.9. The molecule has 1 fully saturated rings. The van der Waals surface area contributed by atoms with Crippen LogP contribution in [0.5, 0.6) is 17.2 Å². The van der Waals surface area contributed by atoms with Crippen molar-refractivity contribution >= 4 is 29.2 Å². The summed E-state index contributed by atoms with van der Waals surface area (Å²) in [5.74, 6) is -1.17. The number of nitrogens with one attached hydrogen (secondary N) is 1. The van der Waals surface area contributed by atoms with E-state index >= 15 is 0 Å². The molecule has 9 nitrogen and oxygen atoms in total. The second-order valence-electron chi connectivity index (χ2n) is 6.92. The van der Waals surface area contributed by atoms with E-state index in [1.165, 1.54) is 30.2 Å². The van der Waals surface area contributed by atoms with E-state index in [9.17, 15) is 19.5 Å². The molecule has 9 heteroatoms. The number of benzene rings is 2. The summed E-state index contributed by atoms with van der Waals surface area (Å²) in [7, 11) is 1.20. The van der Waals surface area contributed by atoms with Crippen LogP contribution in [0.15, 0.2) is 36.4 Å². The molecule has 2 heterocycles. The van der Waals surface area contributed by atoms with Crippen LogP contribution in [0.3, 0.4) is 0 Å². The van der Waals surface area contributed by atoms with Gasteiger partial charge in [-0.15, -0.1) is 0 Å². The second kappa shape index (κ2) is 7.94. The predicted octanol–water partition coefficient (Wildman–Crippen LogP) is 1.94. The van der Waals surface area contributed by atoms with E-state index in [1.807, 2.05) is 0 Å². The largest absolute Gasteiger partial charge is 0.505 e. The molecule has 30 heavy (non-hydrogen) atoms. The molecule has 0 saturated carbocycles. The molecule has 0 radical (unpaired) electrons. The molecule has 0 bridgehead atoms. The third-order valence-electron chi connectivity index (χ3n) is 5.03. The number of hydrogen-bond donors (Lipinski definition) is 2. The fraction of sp³-hybridized carbons (Fsp3) is 0.286. The molecule has 1 unspecified atom stereocenters. The van der Waals surface area contributed by atoms with E-state index in [4.69, 9.17) is 9.47 Å². The van der Waals surface area contributed by atoms with Crippen molar-refractivity contribution in [3.05, 3.63) is 42.0 Å². The number of hydrogen-bond acceptors (Lipinski definition) is 7. The third-order valence-corrected chi connectivity index (χ3v) is 5.03. The van der Waals surface area contributed by atoms with Gasteiger partial charge < -0.3 is 29.5 Å². The number of phenolic OH excluding ortho intramolecular Hbond substituents is 1. The first kappa shape index (κ1) is 19.6. The maximum Gasteiger partial charge on any atom is 0.341 e. The number of anilines is 2. The monoisotopic (exact) mass is 412 g/mol. The lowest BCUT2D eigenvalue weighted by atomic mass is 10.1. The average Bonchev–Trinajstić information content (AvgIpc) is 3.16. The summed E-state index contributed by atoms with van der Waals surface area (Å²) in [5.41, 5.74) is 0.638. The molecule has 2 aliphatic heterocycles. The van der Waals surface area contributed by atoms with Crippen molar-refractivity contribution in [3.63, 3.8) is 0 Å². The summed E-state index contributed by atoms with van der Waals surface area (Å²) in [6, 6.07) is 9.58. The Balaban J connectivity index is 1.48. The highest BCUT2D eigenvalue weighted by Crippen LogP contribution is 2.36. The Hall–Kier alpha value is -3.75. The van der Waals surface area contributed by atoms with E-state index in [0.29, 0.717) is 30.4 Å². The summed E-state index contributed by atoms with van der Waals surface area (Å²) < 4.78 is 15.7. The number of esters is 1. The average molecular weight is 412 g/mol. The lowest BCUT2D eigenvalue weighted by Crippen LogP contribution is -2.28. The minimum Gasteiger partial charge on any atom is -0.505 e. The molecule has 0 aromatic heterocycles. The highest BCUT2D eigenvalue weighted by Gasteiger charge is 2.36. The Labute approximate surface area is 172 Å². The molecule has 156 valence electrons. The predicted molar refractivity (Wildman–Crippen MR) is 106 cm³/mol. The van der Waals surface area contributed by atoms with Crippen molar-refractivity contribution in [2.75, 3.05) is 37.1 Å². The Morgan fingerprint density at radius 1 is 1.17 bits per heavy atom. The van der Waals surface area contributed by atoms with Crippen LogP contribution in [0.25, 0.3) is 0 Å². The van der Waals surface area contributed by atoms with Gasteiger partial charge in [-0.1, -0.05) is 6.07 Å². The lowest BCUT2D eigenvalue weighted by molar-refractivity contribution is -0.122. The van der Waals surface area contributed by atoms with Gasteiger partial charge in [-0.05, 0) is 24.3 Å². The molecule has 4 rings (SSSR count). The smallest absolute Gasteiger partial charge is 0.341 e. The van der Waals surface area contributed by atoms with Gasteiger partial charge in [0.15, 0.2) is 17.2 Å². The van der Waals surface area contributed by atoms with Gasteiger partial charge in [-0.25, -0.2) is 4.79 Å². The molecule has 2 amide bonds. The van der Waals surface area contributed by atoms with E-state index in [-0.39, 0.29) is 35.9 Å². The van der Waals surface area contributed by atoms with Crippen LogP contribution in [0, 0.1) is 5.92 Å². The normalized spacial score (nSPS) is 17.6. The van der Waals surface area contributed by atoms with Crippen LogP contribution in [0.1, 0.15) is 16.8 Å². The zero-order valence-electron chi connectivity index (χ0n) is 16.2. The lowest BCUT2D eigenvalue weighted by Gasteiger charge is -2.22. The molecule has 0 spiro atoms. The quantitative estimate of drug-likeness (QED) is 0.583. The van der Waals surface area contributed by atoms with Gasteiger partial charge in [0.05, 0.1) is 18.7 Å². The number of aromatic hydroxyl groups is 1. The summed E-state index contributed by atoms with van der Waals surface area (Å²) in [6.07, 6.45) is 0.0255. The van der Waals surface area contributed by atoms with Crippen LogP contribution in [-0.4, -0.2) is 49.8 Å². The molecular weight excluding hydrogens is 392 g/mol. The van der Waals surface area contributed by atoms with Crippen molar-refractivity contribution < 1.29 is 33.7 Å². The van der Waals surface area contributed by atoms with Crippen LogP contribution in [0.2, 0.25) is 0 Å². The van der Waals surface area contributed by atoms with Gasteiger partial charge in [-0.3, -0.25) is 9.59 Å². The van der Waals surface area contributed by atoms with E-state index in [1.54, 1.807) is 18.2 Å². The van der Waals surface area contributed by atoms with Crippen molar-refractivity contribution in [1.82, 2.24) is 0 Å². The SMILES string of the molecule is COC(=O)c1cccc(NC(=O)C2CC(=O)N(c3ccc4c(c3)OCCO4)C2)c1O. The van der Waals surface area contributed by atoms with Crippen LogP contribution < -0.4 is 19.7 Å². The maximum atomic E-state index is 12.7. The third kappa shape index (κ3) is 3.61. The van der Waals surface area contributed by atoms with Crippen molar-refractivity contribution in [2.24, 2.45) is 5.92 Å². The number of phenols is 1. The summed E-state index contributed by atoms with van der Waals surface area (Å²) in [6.45, 7) is 1.09. The Kier molecular flexibility index (Phi) is 5.18. The Bertz CT molecular complexity index is 1020. The maximum absolute atomic E-state index is 12.7. The summed E-state index contributed by atoms with van der Waals surface area (Å²) >= 11 is 0. The van der Waals surface area contributed by atoms with Crippen molar-refractivity contribution in [2.45, 2.75) is 6.42 Å². The fourth-order valence-electron chi connectivity index (χ4n) is 3.49. The number of nitrogens with zero attached hydrogens (tertiary/aromatic N) is 1. The Morgan fingerprint density at radius 2 is 1.93 bits per heavy atom.